The van der Waals surface area contributed by atoms with Crippen molar-refractivity contribution in [1.29, 1.82) is 0 Å². The van der Waals surface area contributed by atoms with Gasteiger partial charge in [0.25, 0.3) is 0 Å². The van der Waals surface area contributed by atoms with E-state index in [1.54, 1.807) is 0 Å². The van der Waals surface area contributed by atoms with Crippen LogP contribution < -0.4 is 4.74 Å². The molecule has 0 spiro atoms. The molecule has 0 saturated heterocycles. The van der Waals surface area contributed by atoms with Crippen LogP contribution in [0.4, 0.5) is 0 Å². The van der Waals surface area contributed by atoms with Crippen LogP contribution in [0.3, 0.4) is 0 Å². The Hall–Kier alpha value is -3.83. The number of hydrogen-bond acceptors (Lipinski definition) is 4. The third-order valence-corrected chi connectivity index (χ3v) is 7.38. The molecule has 0 bridgehead atoms. The first-order chi connectivity index (χ1) is 17.3. The van der Waals surface area contributed by atoms with E-state index in [2.05, 4.69) is 73.9 Å². The number of thiol groups is 1. The number of rotatable bonds is 3. The molecular formula is C31H27N3OS. The number of benzene rings is 3. The Bertz CT molecular complexity index is 1830. The fourth-order valence-electron chi connectivity index (χ4n) is 5.08. The fourth-order valence-corrected chi connectivity index (χ4v) is 5.33. The molecule has 0 unspecified atom stereocenters. The first kappa shape index (κ1) is 22.6. The van der Waals surface area contributed by atoms with Gasteiger partial charge in [-0.25, -0.2) is 9.97 Å². The minimum Gasteiger partial charge on any atom is -0.439 e. The number of ether oxygens (including phenoxy) is 1. The number of hydrogen-bond donors (Lipinski definition) is 1. The van der Waals surface area contributed by atoms with Crippen LogP contribution in [0.2, 0.25) is 0 Å². The molecule has 3 heterocycles. The minimum atomic E-state index is 0.589. The summed E-state index contributed by atoms with van der Waals surface area (Å²) in [5.41, 5.74) is 8.77. The highest BCUT2D eigenvalue weighted by Crippen LogP contribution is 2.38. The van der Waals surface area contributed by atoms with Crippen LogP contribution in [-0.4, -0.2) is 14.5 Å². The first-order valence-electron chi connectivity index (χ1n) is 12.1. The summed E-state index contributed by atoms with van der Waals surface area (Å²) in [4.78, 5) is 10.5. The maximum Gasteiger partial charge on any atom is 0.222 e. The molecule has 3 aromatic heterocycles. The Kier molecular flexibility index (Phi) is 5.27. The van der Waals surface area contributed by atoms with Gasteiger partial charge in [-0.1, -0.05) is 23.8 Å². The zero-order chi connectivity index (χ0) is 25.1. The van der Waals surface area contributed by atoms with Gasteiger partial charge < -0.3 is 4.74 Å². The van der Waals surface area contributed by atoms with Gasteiger partial charge >= 0.3 is 0 Å². The van der Waals surface area contributed by atoms with Crippen LogP contribution in [-0.2, 0) is 0 Å². The van der Waals surface area contributed by atoms with Crippen molar-refractivity contribution >= 4 is 45.3 Å². The summed E-state index contributed by atoms with van der Waals surface area (Å²) in [6, 6.07) is 21.1. The number of nitrogens with zero attached hydrogens (tertiary/aromatic N) is 3. The molecule has 3 aromatic carbocycles. The van der Waals surface area contributed by atoms with Crippen molar-refractivity contribution in [3.63, 3.8) is 0 Å². The maximum atomic E-state index is 6.41. The first-order valence-corrected chi connectivity index (χ1v) is 12.5. The molecule has 36 heavy (non-hydrogen) atoms. The van der Waals surface area contributed by atoms with Crippen molar-refractivity contribution in [3.05, 3.63) is 94.7 Å². The zero-order valence-electron chi connectivity index (χ0n) is 21.0. The molecular weight excluding hydrogens is 462 g/mol. The Morgan fingerprint density at radius 1 is 0.750 bits per heavy atom. The summed E-state index contributed by atoms with van der Waals surface area (Å²) < 4.78 is 8.65. The van der Waals surface area contributed by atoms with Crippen molar-refractivity contribution in [1.82, 2.24) is 14.5 Å². The third kappa shape index (κ3) is 3.62. The van der Waals surface area contributed by atoms with Gasteiger partial charge in [-0.15, -0.1) is 12.6 Å². The van der Waals surface area contributed by atoms with E-state index in [1.165, 1.54) is 33.0 Å². The van der Waals surface area contributed by atoms with Gasteiger partial charge in [-0.2, -0.15) is 0 Å². The van der Waals surface area contributed by atoms with Gasteiger partial charge in [-0.05, 0) is 87.7 Å². The largest absolute Gasteiger partial charge is 0.439 e. The van der Waals surface area contributed by atoms with E-state index < -0.39 is 0 Å². The van der Waals surface area contributed by atoms with E-state index in [1.807, 2.05) is 32.2 Å². The Morgan fingerprint density at radius 2 is 1.58 bits per heavy atom. The second kappa shape index (κ2) is 8.38. The van der Waals surface area contributed by atoms with Crippen LogP contribution in [0.5, 0.6) is 11.6 Å². The van der Waals surface area contributed by atoms with Crippen LogP contribution in [0, 0.1) is 34.6 Å². The van der Waals surface area contributed by atoms with E-state index in [9.17, 15) is 0 Å². The number of aryl methyl sites for hydroxylation is 5. The molecule has 178 valence electrons. The average Bonchev–Trinajstić information content (AvgIpc) is 3.16. The normalized spacial score (nSPS) is 11.6. The number of fused-ring (bicyclic) bond motifs is 4. The lowest BCUT2D eigenvalue weighted by Crippen LogP contribution is -1.99. The molecule has 0 aliphatic carbocycles. The highest BCUT2D eigenvalue weighted by molar-refractivity contribution is 7.80. The summed E-state index contributed by atoms with van der Waals surface area (Å²) in [7, 11) is 0. The van der Waals surface area contributed by atoms with Crippen LogP contribution in [0.25, 0.3) is 38.5 Å². The summed E-state index contributed by atoms with van der Waals surface area (Å²) in [5, 5.41) is 3.44. The Labute approximate surface area is 216 Å². The highest BCUT2D eigenvalue weighted by atomic mass is 32.1. The lowest BCUT2D eigenvalue weighted by molar-refractivity contribution is 0.461. The predicted octanol–water partition coefficient (Wildman–Crippen LogP) is 8.35. The van der Waals surface area contributed by atoms with Crippen molar-refractivity contribution < 1.29 is 4.74 Å². The molecule has 0 fully saturated rings. The summed E-state index contributed by atoms with van der Waals surface area (Å²) in [5.74, 6) is 2.22. The maximum absolute atomic E-state index is 6.41. The van der Waals surface area contributed by atoms with Gasteiger partial charge in [0, 0.05) is 38.9 Å². The quantitative estimate of drug-likeness (QED) is 0.254. The smallest absolute Gasteiger partial charge is 0.222 e. The monoisotopic (exact) mass is 489 g/mol. The summed E-state index contributed by atoms with van der Waals surface area (Å²) >= 11 is 4.70. The Morgan fingerprint density at radius 3 is 2.39 bits per heavy atom. The van der Waals surface area contributed by atoms with Crippen LogP contribution in [0.15, 0.2) is 71.8 Å². The molecule has 0 atom stereocenters. The van der Waals surface area contributed by atoms with Gasteiger partial charge in [0.2, 0.25) is 5.88 Å². The van der Waals surface area contributed by atoms with Crippen molar-refractivity contribution in [2.75, 3.05) is 0 Å². The number of pyridine rings is 2. The lowest BCUT2D eigenvalue weighted by Gasteiger charge is -2.12. The third-order valence-electron chi connectivity index (χ3n) is 6.82. The van der Waals surface area contributed by atoms with Gasteiger partial charge in [0.15, 0.2) is 0 Å². The molecule has 0 aliphatic heterocycles. The van der Waals surface area contributed by atoms with E-state index >= 15 is 0 Å². The molecule has 0 aliphatic rings. The second-order valence-electron chi connectivity index (χ2n) is 9.70. The molecule has 0 radical (unpaired) electrons. The molecule has 0 saturated carbocycles. The van der Waals surface area contributed by atoms with Gasteiger partial charge in [-0.3, -0.25) is 4.57 Å². The van der Waals surface area contributed by atoms with Gasteiger partial charge in [0.1, 0.15) is 11.6 Å². The number of aromatic nitrogens is 3. The standard InChI is InChI=1S/C31H27N3OS/c1-17-10-11-32-27(14-17)34-26-16-23(8-9-24(26)25-13-18(2)12-20(4)29(25)34)35-31-21(5)15-22-7-6-19(3)30(36)28(22)33-31/h6-16,36H,1-5H3. The second-order valence-corrected chi connectivity index (χ2v) is 10.1. The molecule has 4 nitrogen and oxygen atoms in total. The summed E-state index contributed by atoms with van der Waals surface area (Å²) in [6.07, 6.45) is 1.87. The van der Waals surface area contributed by atoms with E-state index in [4.69, 9.17) is 27.3 Å². The fraction of sp³-hybridized carbons (Fsp3) is 0.161. The SMILES string of the molecule is Cc1ccnc(-n2c3cc(Oc4nc5c(S)c(C)ccc5cc4C)ccc3c3cc(C)cc(C)c32)c1. The van der Waals surface area contributed by atoms with Crippen LogP contribution in [0.1, 0.15) is 27.8 Å². The van der Waals surface area contributed by atoms with Crippen molar-refractivity contribution in [3.8, 4) is 17.4 Å². The molecule has 0 N–H and O–H groups in total. The Balaban J connectivity index is 1.57. The van der Waals surface area contributed by atoms with Crippen molar-refractivity contribution in [2.24, 2.45) is 0 Å². The predicted molar refractivity (Wildman–Crippen MR) is 151 cm³/mol. The molecule has 6 rings (SSSR count). The average molecular weight is 490 g/mol. The minimum absolute atomic E-state index is 0.589. The van der Waals surface area contributed by atoms with Gasteiger partial charge in [0.05, 0.1) is 16.6 Å². The van der Waals surface area contributed by atoms with Crippen LogP contribution >= 0.6 is 12.6 Å². The summed E-state index contributed by atoms with van der Waals surface area (Å²) in [6.45, 7) is 10.5. The topological polar surface area (TPSA) is 39.9 Å². The van der Waals surface area contributed by atoms with E-state index in [-0.39, 0.29) is 0 Å². The lowest BCUT2D eigenvalue weighted by atomic mass is 10.1. The molecule has 6 aromatic rings. The van der Waals surface area contributed by atoms with Crippen molar-refractivity contribution in [2.45, 2.75) is 39.5 Å². The van der Waals surface area contributed by atoms with E-state index in [0.29, 0.717) is 5.88 Å². The molecule has 5 heteroatoms. The highest BCUT2D eigenvalue weighted by Gasteiger charge is 2.17. The molecule has 0 amide bonds. The zero-order valence-corrected chi connectivity index (χ0v) is 21.9. The van der Waals surface area contributed by atoms with E-state index in [0.717, 1.165) is 44.0 Å².